The van der Waals surface area contributed by atoms with Gasteiger partial charge in [0.15, 0.2) is 0 Å². The van der Waals surface area contributed by atoms with Crippen molar-refractivity contribution in [3.63, 3.8) is 0 Å². The van der Waals surface area contributed by atoms with Crippen molar-refractivity contribution in [2.45, 2.75) is 38.6 Å². The predicted molar refractivity (Wildman–Crippen MR) is 75.7 cm³/mol. The molecule has 2 heterocycles. The maximum Gasteiger partial charge on any atom is 0.0270 e. The largest absolute Gasteiger partial charge is 0.314 e. The number of rotatable bonds is 5. The van der Waals surface area contributed by atoms with Gasteiger partial charge in [0, 0.05) is 18.4 Å². The second kappa shape index (κ2) is 7.49. The zero-order valence-corrected chi connectivity index (χ0v) is 11.4. The molecule has 0 amide bonds. The van der Waals surface area contributed by atoms with Crippen molar-refractivity contribution in [1.29, 1.82) is 0 Å². The van der Waals surface area contributed by atoms with E-state index >= 15 is 0 Å². The zero-order chi connectivity index (χ0) is 12.6. The second-order valence-corrected chi connectivity index (χ2v) is 5.12. The molecule has 3 heteroatoms. The van der Waals surface area contributed by atoms with E-state index in [0.29, 0.717) is 6.04 Å². The van der Waals surface area contributed by atoms with E-state index < -0.39 is 0 Å². The van der Waals surface area contributed by atoms with E-state index in [0.717, 1.165) is 13.0 Å². The highest BCUT2D eigenvalue weighted by atomic mass is 15.1. The van der Waals surface area contributed by atoms with Crippen LogP contribution in [0.5, 0.6) is 0 Å². The predicted octanol–water partition coefficient (Wildman–Crippen LogP) is 2.09. The number of nitrogens with zero attached hydrogens (tertiary/aromatic N) is 2. The summed E-state index contributed by atoms with van der Waals surface area (Å²) in [6, 6.07) is 4.92. The summed E-state index contributed by atoms with van der Waals surface area (Å²) in [5.74, 6) is 0. The summed E-state index contributed by atoms with van der Waals surface area (Å²) in [4.78, 5) is 6.61. The summed E-state index contributed by atoms with van der Waals surface area (Å²) >= 11 is 0. The summed E-state index contributed by atoms with van der Waals surface area (Å²) in [7, 11) is 0. The monoisotopic (exact) mass is 247 g/mol. The molecule has 0 aromatic carbocycles. The van der Waals surface area contributed by atoms with Gasteiger partial charge in [0.25, 0.3) is 0 Å². The molecule has 2 rings (SSSR count). The third-order valence-corrected chi connectivity index (χ3v) is 3.86. The average Bonchev–Trinajstić information content (AvgIpc) is 2.65. The molecule has 3 nitrogen and oxygen atoms in total. The van der Waals surface area contributed by atoms with Crippen LogP contribution in [0.1, 0.15) is 31.7 Å². The van der Waals surface area contributed by atoms with Crippen molar-refractivity contribution in [2.24, 2.45) is 0 Å². The Kier molecular flexibility index (Phi) is 5.62. The van der Waals surface area contributed by atoms with Gasteiger partial charge in [-0.15, -0.1) is 0 Å². The lowest BCUT2D eigenvalue weighted by Gasteiger charge is -2.18. The Hall–Kier alpha value is -0.930. The van der Waals surface area contributed by atoms with Crippen LogP contribution in [0.3, 0.4) is 0 Å². The molecular formula is C15H25N3. The topological polar surface area (TPSA) is 28.2 Å². The van der Waals surface area contributed by atoms with Gasteiger partial charge in [-0.25, -0.2) is 0 Å². The van der Waals surface area contributed by atoms with Gasteiger partial charge < -0.3 is 10.2 Å². The highest BCUT2D eigenvalue weighted by Crippen LogP contribution is 2.10. The molecule has 1 aliphatic heterocycles. The number of pyridine rings is 1. The molecule has 0 saturated carbocycles. The third-order valence-electron chi connectivity index (χ3n) is 3.86. The van der Waals surface area contributed by atoms with Gasteiger partial charge in [-0.3, -0.25) is 4.98 Å². The first-order valence-corrected chi connectivity index (χ1v) is 7.23. The van der Waals surface area contributed by atoms with Crippen LogP contribution >= 0.6 is 0 Å². The average molecular weight is 247 g/mol. The molecule has 1 fully saturated rings. The number of nitrogens with one attached hydrogen (secondary N) is 1. The standard InChI is InChI=1S/C15H25N3/c1-2-18-12-3-4-15(8-13-18)17-11-7-14-5-9-16-10-6-14/h5-6,9-10,15,17H,2-4,7-8,11-13H2,1H3. The maximum absolute atomic E-state index is 4.05. The summed E-state index contributed by atoms with van der Waals surface area (Å²) in [5, 5.41) is 3.71. The van der Waals surface area contributed by atoms with E-state index in [2.05, 4.69) is 34.3 Å². The van der Waals surface area contributed by atoms with Crippen molar-refractivity contribution < 1.29 is 0 Å². The molecule has 0 aliphatic carbocycles. The van der Waals surface area contributed by atoms with Gasteiger partial charge >= 0.3 is 0 Å². The first-order valence-electron chi connectivity index (χ1n) is 7.23. The number of aromatic nitrogens is 1. The second-order valence-electron chi connectivity index (χ2n) is 5.12. The van der Waals surface area contributed by atoms with Gasteiger partial charge in [0.1, 0.15) is 0 Å². The van der Waals surface area contributed by atoms with Crippen molar-refractivity contribution in [3.8, 4) is 0 Å². The smallest absolute Gasteiger partial charge is 0.0270 e. The zero-order valence-electron chi connectivity index (χ0n) is 11.4. The quantitative estimate of drug-likeness (QED) is 0.863. The minimum absolute atomic E-state index is 0.711. The molecular weight excluding hydrogens is 222 g/mol. The Morgan fingerprint density at radius 1 is 1.28 bits per heavy atom. The van der Waals surface area contributed by atoms with Gasteiger partial charge in [0.05, 0.1) is 0 Å². The van der Waals surface area contributed by atoms with Crippen LogP contribution in [-0.2, 0) is 6.42 Å². The Morgan fingerprint density at radius 3 is 2.89 bits per heavy atom. The van der Waals surface area contributed by atoms with Gasteiger partial charge in [-0.1, -0.05) is 6.92 Å². The molecule has 1 atom stereocenters. The highest BCUT2D eigenvalue weighted by molar-refractivity contribution is 5.09. The van der Waals surface area contributed by atoms with Gasteiger partial charge in [0.2, 0.25) is 0 Å². The molecule has 18 heavy (non-hydrogen) atoms. The fourth-order valence-electron chi connectivity index (χ4n) is 2.65. The summed E-state index contributed by atoms with van der Waals surface area (Å²) < 4.78 is 0. The lowest BCUT2D eigenvalue weighted by Crippen LogP contribution is -2.32. The Balaban J connectivity index is 1.67. The number of hydrogen-bond acceptors (Lipinski definition) is 3. The van der Waals surface area contributed by atoms with Crippen LogP contribution in [0.2, 0.25) is 0 Å². The highest BCUT2D eigenvalue weighted by Gasteiger charge is 2.14. The van der Waals surface area contributed by atoms with E-state index in [-0.39, 0.29) is 0 Å². The van der Waals surface area contributed by atoms with Crippen molar-refractivity contribution >= 4 is 0 Å². The van der Waals surface area contributed by atoms with Gasteiger partial charge in [-0.2, -0.15) is 0 Å². The van der Waals surface area contributed by atoms with Crippen LogP contribution in [0.15, 0.2) is 24.5 Å². The van der Waals surface area contributed by atoms with Crippen LogP contribution in [0.25, 0.3) is 0 Å². The molecule has 1 aromatic heterocycles. The lowest BCUT2D eigenvalue weighted by atomic mass is 10.1. The lowest BCUT2D eigenvalue weighted by molar-refractivity contribution is 0.297. The fourth-order valence-corrected chi connectivity index (χ4v) is 2.65. The first-order chi connectivity index (χ1) is 8.88. The SMILES string of the molecule is CCN1CCCC(NCCc2ccncc2)CC1. The molecule has 1 aromatic rings. The van der Waals surface area contributed by atoms with E-state index in [1.54, 1.807) is 0 Å². The molecule has 0 radical (unpaired) electrons. The maximum atomic E-state index is 4.05. The van der Waals surface area contributed by atoms with Crippen LogP contribution in [0.4, 0.5) is 0 Å². The summed E-state index contributed by atoms with van der Waals surface area (Å²) in [5.41, 5.74) is 1.38. The van der Waals surface area contributed by atoms with Crippen molar-refractivity contribution in [1.82, 2.24) is 15.2 Å². The Bertz CT molecular complexity index is 326. The van der Waals surface area contributed by atoms with Crippen LogP contribution < -0.4 is 5.32 Å². The Labute approximate surface area is 111 Å². The normalized spacial score (nSPS) is 21.7. The number of hydrogen-bond donors (Lipinski definition) is 1. The van der Waals surface area contributed by atoms with Crippen molar-refractivity contribution in [3.05, 3.63) is 30.1 Å². The first kappa shape index (κ1) is 13.5. The molecule has 1 unspecified atom stereocenters. The fraction of sp³-hybridized carbons (Fsp3) is 0.667. The van der Waals surface area contributed by atoms with E-state index in [1.807, 2.05) is 12.4 Å². The van der Waals surface area contributed by atoms with E-state index in [4.69, 9.17) is 0 Å². The summed E-state index contributed by atoms with van der Waals surface area (Å²) in [6.45, 7) is 7.07. The molecule has 0 spiro atoms. The van der Waals surface area contributed by atoms with E-state index in [9.17, 15) is 0 Å². The Morgan fingerprint density at radius 2 is 2.11 bits per heavy atom. The molecule has 100 valence electrons. The van der Waals surface area contributed by atoms with Crippen LogP contribution in [-0.4, -0.2) is 42.1 Å². The minimum atomic E-state index is 0.711. The molecule has 1 N–H and O–H groups in total. The molecule has 1 saturated heterocycles. The third kappa shape index (κ3) is 4.39. The van der Waals surface area contributed by atoms with E-state index in [1.165, 1.54) is 44.5 Å². The summed E-state index contributed by atoms with van der Waals surface area (Å²) in [6.07, 6.45) is 8.81. The van der Waals surface area contributed by atoms with Crippen molar-refractivity contribution in [2.75, 3.05) is 26.2 Å². The van der Waals surface area contributed by atoms with Gasteiger partial charge in [-0.05, 0) is 69.6 Å². The molecule has 1 aliphatic rings. The molecule has 0 bridgehead atoms. The minimum Gasteiger partial charge on any atom is -0.314 e. The van der Waals surface area contributed by atoms with Crippen LogP contribution in [0, 0.1) is 0 Å². The number of likely N-dealkylation sites (tertiary alicyclic amines) is 1.